The van der Waals surface area contributed by atoms with Gasteiger partial charge in [-0.2, -0.15) is 0 Å². The normalized spacial score (nSPS) is 32.1. The fourth-order valence-corrected chi connectivity index (χ4v) is 5.76. The lowest BCUT2D eigenvalue weighted by molar-refractivity contribution is 0.164. The molecule has 0 radical (unpaired) electrons. The van der Waals surface area contributed by atoms with Gasteiger partial charge in [0, 0.05) is 10.1 Å². The zero-order chi connectivity index (χ0) is 14.7. The van der Waals surface area contributed by atoms with Gasteiger partial charge in [0.25, 0.3) is 0 Å². The second kappa shape index (κ2) is 7.19. The summed E-state index contributed by atoms with van der Waals surface area (Å²) in [4.78, 5) is 1.54. The summed E-state index contributed by atoms with van der Waals surface area (Å²) in [5.41, 5.74) is 1.58. The van der Waals surface area contributed by atoms with Crippen molar-refractivity contribution in [1.29, 1.82) is 0 Å². The molecule has 2 heteroatoms. The molecule has 1 aromatic carbocycles. The van der Waals surface area contributed by atoms with E-state index in [0.717, 1.165) is 23.0 Å². The first kappa shape index (κ1) is 15.4. The Hall–Kier alpha value is -0.470. The second-order valence-corrected chi connectivity index (χ2v) is 8.29. The Morgan fingerprint density at radius 1 is 1.19 bits per heavy atom. The van der Waals surface area contributed by atoms with E-state index in [1.165, 1.54) is 50.0 Å². The molecule has 0 aromatic heterocycles. The summed E-state index contributed by atoms with van der Waals surface area (Å²) in [6.07, 6.45) is 8.45. The van der Waals surface area contributed by atoms with Gasteiger partial charge in [-0.05, 0) is 68.7 Å². The van der Waals surface area contributed by atoms with Crippen molar-refractivity contribution in [3.05, 3.63) is 29.8 Å². The Morgan fingerprint density at radius 3 is 2.81 bits per heavy atom. The zero-order valence-corrected chi connectivity index (χ0v) is 14.3. The highest BCUT2D eigenvalue weighted by Gasteiger charge is 2.33. The van der Waals surface area contributed by atoms with Crippen LogP contribution < -0.4 is 5.32 Å². The standard InChI is InChI=1S/C19H29NS/c1-3-14-8-9-16(13-20-2)17(10-14)12-18-11-15-6-4-5-7-19(15)21-18/h4-7,14,16-18,20H,3,8-13H2,1-2H3. The molecule has 0 amide bonds. The third-order valence-corrected chi connectivity index (χ3v) is 6.92. The average molecular weight is 304 g/mol. The summed E-state index contributed by atoms with van der Waals surface area (Å²) >= 11 is 2.14. The van der Waals surface area contributed by atoms with Crippen LogP contribution in [0.15, 0.2) is 29.2 Å². The molecule has 1 aromatic rings. The van der Waals surface area contributed by atoms with Crippen LogP contribution >= 0.6 is 11.8 Å². The van der Waals surface area contributed by atoms with Gasteiger partial charge in [-0.25, -0.2) is 0 Å². The van der Waals surface area contributed by atoms with Crippen molar-refractivity contribution in [1.82, 2.24) is 5.32 Å². The summed E-state index contributed by atoms with van der Waals surface area (Å²) in [7, 11) is 2.11. The van der Waals surface area contributed by atoms with Gasteiger partial charge < -0.3 is 5.32 Å². The Labute approximate surface area is 134 Å². The molecule has 2 aliphatic rings. The number of thioether (sulfide) groups is 1. The van der Waals surface area contributed by atoms with Crippen LogP contribution in [0.25, 0.3) is 0 Å². The van der Waals surface area contributed by atoms with Gasteiger partial charge in [0.15, 0.2) is 0 Å². The Morgan fingerprint density at radius 2 is 2.05 bits per heavy atom. The van der Waals surface area contributed by atoms with Gasteiger partial charge in [0.2, 0.25) is 0 Å². The number of nitrogens with one attached hydrogen (secondary N) is 1. The lowest BCUT2D eigenvalue weighted by atomic mass is 9.71. The van der Waals surface area contributed by atoms with Crippen molar-refractivity contribution in [3.8, 4) is 0 Å². The Balaban J connectivity index is 1.62. The highest BCUT2D eigenvalue weighted by atomic mass is 32.2. The Kier molecular flexibility index (Phi) is 5.29. The molecular weight excluding hydrogens is 274 g/mol. The van der Waals surface area contributed by atoms with E-state index >= 15 is 0 Å². The summed E-state index contributed by atoms with van der Waals surface area (Å²) in [6, 6.07) is 9.01. The average Bonchev–Trinajstić information content (AvgIpc) is 2.91. The third-order valence-electron chi connectivity index (χ3n) is 5.57. The molecule has 116 valence electrons. The summed E-state index contributed by atoms with van der Waals surface area (Å²) in [5, 5.41) is 4.26. The molecule has 1 N–H and O–H groups in total. The fourth-order valence-electron chi connectivity index (χ4n) is 4.34. The largest absolute Gasteiger partial charge is 0.319 e. The van der Waals surface area contributed by atoms with E-state index in [1.54, 1.807) is 5.56 Å². The number of fused-ring (bicyclic) bond motifs is 1. The molecule has 4 unspecified atom stereocenters. The van der Waals surface area contributed by atoms with Gasteiger partial charge in [-0.1, -0.05) is 38.0 Å². The molecule has 4 atom stereocenters. The lowest BCUT2D eigenvalue weighted by Gasteiger charge is -2.37. The highest BCUT2D eigenvalue weighted by Crippen LogP contribution is 2.44. The summed E-state index contributed by atoms with van der Waals surface area (Å²) < 4.78 is 0. The van der Waals surface area contributed by atoms with E-state index in [-0.39, 0.29) is 0 Å². The van der Waals surface area contributed by atoms with E-state index in [0.29, 0.717) is 0 Å². The number of hydrogen-bond donors (Lipinski definition) is 1. The maximum Gasteiger partial charge on any atom is 0.0138 e. The van der Waals surface area contributed by atoms with Gasteiger partial charge in [-0.15, -0.1) is 11.8 Å². The number of benzene rings is 1. The first-order chi connectivity index (χ1) is 10.3. The van der Waals surface area contributed by atoms with Crippen molar-refractivity contribution >= 4 is 11.8 Å². The maximum atomic E-state index is 3.44. The molecule has 3 rings (SSSR count). The SMILES string of the molecule is CCC1CCC(CNC)C(CC2Cc3ccccc3S2)C1. The van der Waals surface area contributed by atoms with Crippen LogP contribution in [0.1, 0.15) is 44.6 Å². The molecule has 1 aliphatic heterocycles. The molecule has 0 saturated heterocycles. The quantitative estimate of drug-likeness (QED) is 0.842. The minimum absolute atomic E-state index is 0.822. The molecule has 1 aliphatic carbocycles. The topological polar surface area (TPSA) is 12.0 Å². The van der Waals surface area contributed by atoms with Crippen molar-refractivity contribution in [2.24, 2.45) is 17.8 Å². The summed E-state index contributed by atoms with van der Waals surface area (Å²) in [5.74, 6) is 2.82. The van der Waals surface area contributed by atoms with E-state index in [9.17, 15) is 0 Å². The predicted octanol–water partition coefficient (Wildman–Crippen LogP) is 4.76. The number of hydrogen-bond acceptors (Lipinski definition) is 2. The van der Waals surface area contributed by atoms with Crippen LogP contribution in [0.3, 0.4) is 0 Å². The van der Waals surface area contributed by atoms with Crippen LogP contribution in [0.2, 0.25) is 0 Å². The molecule has 0 spiro atoms. The first-order valence-electron chi connectivity index (χ1n) is 8.69. The molecule has 1 saturated carbocycles. The summed E-state index contributed by atoms with van der Waals surface area (Å²) in [6.45, 7) is 3.59. The van der Waals surface area contributed by atoms with E-state index < -0.39 is 0 Å². The molecule has 1 heterocycles. The minimum Gasteiger partial charge on any atom is -0.319 e. The molecule has 21 heavy (non-hydrogen) atoms. The molecule has 1 fully saturated rings. The third kappa shape index (κ3) is 3.65. The highest BCUT2D eigenvalue weighted by molar-refractivity contribution is 8.00. The van der Waals surface area contributed by atoms with Crippen LogP contribution in [-0.4, -0.2) is 18.8 Å². The van der Waals surface area contributed by atoms with Gasteiger partial charge >= 0.3 is 0 Å². The van der Waals surface area contributed by atoms with Crippen molar-refractivity contribution < 1.29 is 0 Å². The van der Waals surface area contributed by atoms with E-state index in [1.807, 2.05) is 0 Å². The van der Waals surface area contributed by atoms with Gasteiger partial charge in [0.1, 0.15) is 0 Å². The number of rotatable bonds is 5. The van der Waals surface area contributed by atoms with Crippen molar-refractivity contribution in [2.45, 2.75) is 55.6 Å². The van der Waals surface area contributed by atoms with Crippen LogP contribution in [-0.2, 0) is 6.42 Å². The van der Waals surface area contributed by atoms with Gasteiger partial charge in [0.05, 0.1) is 0 Å². The molecular formula is C19H29NS. The maximum absolute atomic E-state index is 3.44. The van der Waals surface area contributed by atoms with E-state index in [2.05, 4.69) is 55.3 Å². The zero-order valence-electron chi connectivity index (χ0n) is 13.5. The minimum atomic E-state index is 0.822. The first-order valence-corrected chi connectivity index (χ1v) is 9.57. The Bertz CT molecular complexity index is 434. The van der Waals surface area contributed by atoms with Crippen LogP contribution in [0.5, 0.6) is 0 Å². The van der Waals surface area contributed by atoms with Crippen LogP contribution in [0.4, 0.5) is 0 Å². The molecule has 1 nitrogen and oxygen atoms in total. The fraction of sp³-hybridized carbons (Fsp3) is 0.684. The van der Waals surface area contributed by atoms with Gasteiger partial charge in [-0.3, -0.25) is 0 Å². The molecule has 0 bridgehead atoms. The monoisotopic (exact) mass is 303 g/mol. The van der Waals surface area contributed by atoms with Crippen molar-refractivity contribution in [3.63, 3.8) is 0 Å². The van der Waals surface area contributed by atoms with Crippen molar-refractivity contribution in [2.75, 3.05) is 13.6 Å². The predicted molar refractivity (Wildman–Crippen MR) is 92.9 cm³/mol. The smallest absolute Gasteiger partial charge is 0.0138 e. The second-order valence-electron chi connectivity index (χ2n) is 6.95. The van der Waals surface area contributed by atoms with Crippen LogP contribution in [0, 0.1) is 17.8 Å². The van der Waals surface area contributed by atoms with E-state index in [4.69, 9.17) is 0 Å². The lowest BCUT2D eigenvalue weighted by Crippen LogP contribution is -2.33.